The molecule has 0 amide bonds. The second-order valence-electron chi connectivity index (χ2n) is 3.52. The minimum absolute atomic E-state index is 0.0775. The Bertz CT molecular complexity index is 461. The number of imidazole rings is 1. The Kier molecular flexibility index (Phi) is 3.52. The topological polar surface area (TPSA) is 117 Å². The molecule has 0 bridgehead atoms. The second kappa shape index (κ2) is 4.37. The highest BCUT2D eigenvalue weighted by molar-refractivity contribution is 7.50. The van der Waals surface area contributed by atoms with Crippen LogP contribution in [-0.4, -0.2) is 27.0 Å². The van der Waals surface area contributed by atoms with Crippen LogP contribution < -0.4 is 9.62 Å². The fraction of sp³-hybridized carbons (Fsp3) is 0.500. The number of hydrogen-bond donors (Lipinski definition) is 3. The highest BCUT2D eigenvalue weighted by Gasteiger charge is 2.25. The van der Waals surface area contributed by atoms with E-state index in [9.17, 15) is 19.5 Å². The molecule has 90 valence electrons. The number of ketones is 1. The summed E-state index contributed by atoms with van der Waals surface area (Å²) in [6.45, 7) is 2.87. The van der Waals surface area contributed by atoms with Crippen molar-refractivity contribution >= 4 is 13.4 Å². The summed E-state index contributed by atoms with van der Waals surface area (Å²) < 4.78 is 11.2. The highest BCUT2D eigenvalue weighted by Crippen LogP contribution is 2.28. The van der Waals surface area contributed by atoms with Crippen LogP contribution in [0.15, 0.2) is 0 Å². The molecule has 1 rings (SSSR count). The molecular formula is C8H13N2O5P. The van der Waals surface area contributed by atoms with Crippen LogP contribution in [0, 0.1) is 6.92 Å². The zero-order valence-corrected chi connectivity index (χ0v) is 9.82. The molecular weight excluding hydrogens is 235 g/mol. The summed E-state index contributed by atoms with van der Waals surface area (Å²) in [6, 6.07) is 0. The standard InChI is InChI=1S/C8H13N2O5P/c1-5-8(6(2)11)10(12)7(9-5)3-4-16(13,14)15/h12H,3-4H2,1-2H3,(H2,13,14,15). The lowest BCUT2D eigenvalue weighted by Gasteiger charge is -2.12. The van der Waals surface area contributed by atoms with Gasteiger partial charge in [0.05, 0.1) is 6.42 Å². The van der Waals surface area contributed by atoms with Gasteiger partial charge < -0.3 is 19.6 Å². The van der Waals surface area contributed by atoms with Gasteiger partial charge in [-0.2, -0.15) is 0 Å². The van der Waals surface area contributed by atoms with E-state index in [-0.39, 0.29) is 23.7 Å². The van der Waals surface area contributed by atoms with Crippen molar-refractivity contribution in [2.24, 2.45) is 0 Å². The fourth-order valence-electron chi connectivity index (χ4n) is 1.45. The number of Topliss-reactive ketones (excluding diaryl/α,β-unsaturated/α-hetero) is 1. The number of carbonyl (C=O) groups excluding carboxylic acids is 1. The molecule has 1 heterocycles. The van der Waals surface area contributed by atoms with Crippen molar-refractivity contribution in [3.63, 3.8) is 0 Å². The Labute approximate surface area is 91.9 Å². The normalized spacial score (nSPS) is 14.8. The third-order valence-corrected chi connectivity index (χ3v) is 2.91. The molecule has 0 aliphatic carbocycles. The summed E-state index contributed by atoms with van der Waals surface area (Å²) in [5.41, 5.74) is 0.525. The van der Waals surface area contributed by atoms with E-state index in [1.54, 1.807) is 6.92 Å². The van der Waals surface area contributed by atoms with Gasteiger partial charge in [0.1, 0.15) is 7.60 Å². The van der Waals surface area contributed by atoms with Crippen LogP contribution in [0.2, 0.25) is 0 Å². The van der Waals surface area contributed by atoms with Gasteiger partial charge in [-0.1, -0.05) is 0 Å². The summed E-state index contributed by atoms with van der Waals surface area (Å²) in [6.07, 6.45) is -0.591. The fourth-order valence-corrected chi connectivity index (χ4v) is 1.95. The second-order valence-corrected chi connectivity index (χ2v) is 5.25. The Morgan fingerprint density at radius 3 is 2.56 bits per heavy atom. The van der Waals surface area contributed by atoms with Gasteiger partial charge in [-0.25, -0.2) is 4.98 Å². The minimum atomic E-state index is -4.36. The zero-order valence-electron chi connectivity index (χ0n) is 8.93. The number of nitrogens with zero attached hydrogens (tertiary/aromatic N) is 1. The maximum Gasteiger partial charge on any atom is 0.295 e. The predicted octanol–water partition coefficient (Wildman–Crippen LogP) is -0.861. The zero-order chi connectivity index (χ0) is 12.5. The lowest BCUT2D eigenvalue weighted by Crippen LogP contribution is -2.39. The monoisotopic (exact) mass is 248 g/mol. The number of aromatic amines is 1. The van der Waals surface area contributed by atoms with Gasteiger partial charge in [0, 0.05) is 20.0 Å². The number of nitrogens with one attached hydrogen (secondary N) is 1. The first-order valence-corrected chi connectivity index (χ1v) is 6.35. The van der Waals surface area contributed by atoms with Gasteiger partial charge in [0.2, 0.25) is 5.78 Å². The molecule has 16 heavy (non-hydrogen) atoms. The van der Waals surface area contributed by atoms with E-state index in [0.717, 1.165) is 0 Å². The summed E-state index contributed by atoms with van der Waals surface area (Å²) in [5.74, 6) is -0.176. The summed E-state index contributed by atoms with van der Waals surface area (Å²) >= 11 is 0. The van der Waals surface area contributed by atoms with Crippen LogP contribution in [0.3, 0.4) is 0 Å². The first kappa shape index (κ1) is 12.9. The highest BCUT2D eigenvalue weighted by atomic mass is 31.2. The first-order valence-electron chi connectivity index (χ1n) is 4.59. The number of carbonyl (C=O) groups is 1. The van der Waals surface area contributed by atoms with Crippen molar-refractivity contribution in [1.29, 1.82) is 0 Å². The molecule has 7 nitrogen and oxygen atoms in total. The van der Waals surface area contributed by atoms with E-state index in [1.165, 1.54) is 6.92 Å². The van der Waals surface area contributed by atoms with Crippen molar-refractivity contribution in [1.82, 2.24) is 4.98 Å². The molecule has 0 saturated heterocycles. The molecule has 0 radical (unpaired) electrons. The van der Waals surface area contributed by atoms with Crippen LogP contribution in [0.4, 0.5) is 0 Å². The van der Waals surface area contributed by atoms with Gasteiger partial charge in [0.25, 0.3) is 11.5 Å². The maximum absolute atomic E-state index is 11.1. The Balaban J connectivity index is 2.96. The molecule has 1 unspecified atom stereocenters. The van der Waals surface area contributed by atoms with E-state index in [1.807, 2.05) is 0 Å². The van der Waals surface area contributed by atoms with Crippen molar-refractivity contribution in [2.45, 2.75) is 20.3 Å². The number of rotatable bonds is 4. The Morgan fingerprint density at radius 2 is 2.19 bits per heavy atom. The van der Waals surface area contributed by atoms with E-state index >= 15 is 0 Å². The Morgan fingerprint density at radius 1 is 1.62 bits per heavy atom. The van der Waals surface area contributed by atoms with Crippen LogP contribution >= 0.6 is 7.60 Å². The minimum Gasteiger partial charge on any atom is -0.779 e. The average Bonchev–Trinajstić information content (AvgIpc) is 2.36. The van der Waals surface area contributed by atoms with Crippen molar-refractivity contribution in [2.75, 3.05) is 6.16 Å². The number of aromatic nitrogens is 2. The largest absolute Gasteiger partial charge is 0.779 e. The van der Waals surface area contributed by atoms with Gasteiger partial charge in [0.15, 0.2) is 5.69 Å². The molecule has 0 aromatic carbocycles. The molecule has 1 aromatic heterocycles. The van der Waals surface area contributed by atoms with Gasteiger partial charge in [-0.15, -0.1) is 0 Å². The summed E-state index contributed by atoms with van der Waals surface area (Å²) in [7, 11) is -4.36. The maximum atomic E-state index is 11.1. The van der Waals surface area contributed by atoms with Crippen molar-refractivity contribution < 1.29 is 29.1 Å². The molecule has 0 fully saturated rings. The Hall–Kier alpha value is -1.17. The average molecular weight is 248 g/mol. The molecule has 3 N–H and O–H groups in total. The number of H-pyrrole nitrogens is 1. The van der Waals surface area contributed by atoms with Crippen molar-refractivity contribution in [3.8, 4) is 0 Å². The number of aryl methyl sites for hydroxylation is 2. The van der Waals surface area contributed by atoms with E-state index in [2.05, 4.69) is 4.98 Å². The molecule has 1 atom stereocenters. The lowest BCUT2D eigenvalue weighted by atomic mass is 10.3. The summed E-state index contributed by atoms with van der Waals surface area (Å²) in [5, 5.41) is 9.57. The summed E-state index contributed by atoms with van der Waals surface area (Å²) in [4.78, 5) is 33.0. The van der Waals surface area contributed by atoms with Gasteiger partial charge >= 0.3 is 0 Å². The molecule has 8 heteroatoms. The van der Waals surface area contributed by atoms with Crippen LogP contribution in [0.1, 0.15) is 28.9 Å². The van der Waals surface area contributed by atoms with Crippen LogP contribution in [-0.2, 0) is 11.0 Å². The van der Waals surface area contributed by atoms with Crippen LogP contribution in [0.25, 0.3) is 0 Å². The lowest BCUT2D eigenvalue weighted by molar-refractivity contribution is -0.909. The van der Waals surface area contributed by atoms with E-state index in [4.69, 9.17) is 4.89 Å². The first-order chi connectivity index (χ1) is 7.22. The molecule has 0 aliphatic heterocycles. The quantitative estimate of drug-likeness (QED) is 0.277. The van der Waals surface area contributed by atoms with Gasteiger partial charge in [-0.05, 0) is 4.73 Å². The van der Waals surface area contributed by atoms with E-state index in [0.29, 0.717) is 10.4 Å². The van der Waals surface area contributed by atoms with Gasteiger partial charge in [-0.3, -0.25) is 4.79 Å². The molecule has 0 spiro atoms. The molecule has 1 aromatic rings. The SMILES string of the molecule is CC(=O)c1c(C)[nH]c(CCP(=O)([O-])O)[n+]1O. The smallest absolute Gasteiger partial charge is 0.295 e. The molecule has 0 aliphatic rings. The van der Waals surface area contributed by atoms with Crippen molar-refractivity contribution in [3.05, 3.63) is 17.2 Å². The molecule has 0 saturated carbocycles. The predicted molar refractivity (Wildman–Crippen MR) is 51.3 cm³/mol. The third-order valence-electron chi connectivity index (χ3n) is 2.12. The number of hydrogen-bond acceptors (Lipinski definition) is 4. The van der Waals surface area contributed by atoms with E-state index < -0.39 is 13.8 Å². The van der Waals surface area contributed by atoms with Crippen LogP contribution in [0.5, 0.6) is 0 Å². The third kappa shape index (κ3) is 2.91.